The van der Waals surface area contributed by atoms with E-state index in [9.17, 15) is 4.39 Å². The maximum atomic E-state index is 13.2. The lowest BCUT2D eigenvalue weighted by Crippen LogP contribution is -2.34. The smallest absolute Gasteiger partial charge is 0.136 e. The van der Waals surface area contributed by atoms with Gasteiger partial charge in [0.25, 0.3) is 0 Å². The third-order valence-corrected chi connectivity index (χ3v) is 4.49. The summed E-state index contributed by atoms with van der Waals surface area (Å²) in [4.78, 5) is 2.39. The van der Waals surface area contributed by atoms with Crippen LogP contribution in [0.1, 0.15) is 30.5 Å². The summed E-state index contributed by atoms with van der Waals surface area (Å²) < 4.78 is 19.6. The Kier molecular flexibility index (Phi) is 5.41. The minimum absolute atomic E-state index is 0.104. The van der Waals surface area contributed by atoms with Crippen LogP contribution in [0.5, 0.6) is 5.75 Å². The summed E-state index contributed by atoms with van der Waals surface area (Å²) in [5, 5.41) is 3.45. The molecule has 0 aliphatic carbocycles. The number of hydrogen-bond donors (Lipinski definition) is 1. The molecule has 2 aromatic rings. The van der Waals surface area contributed by atoms with Crippen molar-refractivity contribution in [3.63, 3.8) is 0 Å². The van der Waals surface area contributed by atoms with E-state index in [-0.39, 0.29) is 11.4 Å². The molecule has 21 heavy (non-hydrogen) atoms. The number of benzene rings is 1. The second-order valence-electron chi connectivity index (χ2n) is 5.83. The van der Waals surface area contributed by atoms with Gasteiger partial charge in [0.15, 0.2) is 0 Å². The van der Waals surface area contributed by atoms with Crippen molar-refractivity contribution in [3.8, 4) is 5.75 Å². The van der Waals surface area contributed by atoms with Gasteiger partial charge in [-0.25, -0.2) is 4.39 Å². The van der Waals surface area contributed by atoms with Gasteiger partial charge in [-0.2, -0.15) is 0 Å². The van der Waals surface area contributed by atoms with E-state index in [2.05, 4.69) is 54.2 Å². The first-order valence-electron chi connectivity index (χ1n) is 6.74. The summed E-state index contributed by atoms with van der Waals surface area (Å²) in [5.41, 5.74) is 0.104. The predicted molar refractivity (Wildman–Crippen MR) is 89.3 cm³/mol. The standard InChI is InChI=1S/C16H19BrFNOS/c1-16(2,3)19-9-12-5-6-13(21-12)10-20-15-8-11(18)4-7-14(15)17/h4-8,19H,9-10H2,1-3H3. The number of halogens is 2. The largest absolute Gasteiger partial charge is 0.487 e. The molecular weight excluding hydrogens is 353 g/mol. The zero-order chi connectivity index (χ0) is 15.5. The van der Waals surface area contributed by atoms with E-state index in [4.69, 9.17) is 4.74 Å². The highest BCUT2D eigenvalue weighted by Crippen LogP contribution is 2.27. The van der Waals surface area contributed by atoms with Crippen LogP contribution in [0.4, 0.5) is 4.39 Å². The molecule has 0 aliphatic heterocycles. The maximum absolute atomic E-state index is 13.2. The molecule has 5 heteroatoms. The Bertz CT molecular complexity index is 607. The first-order chi connectivity index (χ1) is 9.83. The van der Waals surface area contributed by atoms with Crippen LogP contribution in [0, 0.1) is 5.82 Å². The summed E-state index contributed by atoms with van der Waals surface area (Å²) in [6.45, 7) is 7.73. The Morgan fingerprint density at radius 3 is 2.62 bits per heavy atom. The van der Waals surface area contributed by atoms with Crippen LogP contribution in [0.15, 0.2) is 34.8 Å². The zero-order valence-electron chi connectivity index (χ0n) is 12.4. The van der Waals surface area contributed by atoms with E-state index in [0.717, 1.165) is 15.9 Å². The SMILES string of the molecule is CC(C)(C)NCc1ccc(COc2cc(F)ccc2Br)s1. The Labute approximate surface area is 137 Å². The van der Waals surface area contributed by atoms with Gasteiger partial charge in [0.2, 0.25) is 0 Å². The molecule has 0 bridgehead atoms. The van der Waals surface area contributed by atoms with Crippen LogP contribution in [-0.2, 0) is 13.2 Å². The minimum atomic E-state index is -0.297. The molecule has 2 nitrogen and oxygen atoms in total. The molecule has 0 amide bonds. The van der Waals surface area contributed by atoms with E-state index in [1.807, 2.05) is 0 Å². The third-order valence-electron chi connectivity index (χ3n) is 2.77. The molecule has 1 aromatic carbocycles. The van der Waals surface area contributed by atoms with Gasteiger partial charge in [0.05, 0.1) is 4.47 Å². The molecule has 0 saturated carbocycles. The van der Waals surface area contributed by atoms with Crippen molar-refractivity contribution in [2.24, 2.45) is 0 Å². The van der Waals surface area contributed by atoms with E-state index in [1.54, 1.807) is 17.4 Å². The maximum Gasteiger partial charge on any atom is 0.136 e. The van der Waals surface area contributed by atoms with Gasteiger partial charge in [-0.15, -0.1) is 11.3 Å². The van der Waals surface area contributed by atoms with Crippen molar-refractivity contribution in [2.45, 2.75) is 39.5 Å². The summed E-state index contributed by atoms with van der Waals surface area (Å²) in [6, 6.07) is 8.59. The highest BCUT2D eigenvalue weighted by atomic mass is 79.9. The lowest BCUT2D eigenvalue weighted by Gasteiger charge is -2.19. The molecule has 0 spiro atoms. The normalized spacial score (nSPS) is 11.7. The molecule has 114 valence electrons. The van der Waals surface area contributed by atoms with Gasteiger partial charge in [0.1, 0.15) is 18.2 Å². The fraction of sp³-hybridized carbons (Fsp3) is 0.375. The van der Waals surface area contributed by atoms with E-state index in [0.29, 0.717) is 12.4 Å². The first-order valence-corrected chi connectivity index (χ1v) is 8.35. The molecule has 0 fully saturated rings. The van der Waals surface area contributed by atoms with Crippen LogP contribution in [0.3, 0.4) is 0 Å². The summed E-state index contributed by atoms with van der Waals surface area (Å²) in [7, 11) is 0. The summed E-state index contributed by atoms with van der Waals surface area (Å²) in [5.74, 6) is 0.229. The van der Waals surface area contributed by atoms with Gasteiger partial charge in [-0.05, 0) is 61.0 Å². The molecule has 1 heterocycles. The van der Waals surface area contributed by atoms with E-state index < -0.39 is 0 Å². The summed E-state index contributed by atoms with van der Waals surface area (Å²) in [6.07, 6.45) is 0. The highest BCUT2D eigenvalue weighted by molar-refractivity contribution is 9.10. The van der Waals surface area contributed by atoms with Crippen LogP contribution < -0.4 is 10.1 Å². The van der Waals surface area contributed by atoms with Crippen molar-refractivity contribution < 1.29 is 9.13 Å². The van der Waals surface area contributed by atoms with Crippen molar-refractivity contribution >= 4 is 27.3 Å². The minimum Gasteiger partial charge on any atom is -0.487 e. The van der Waals surface area contributed by atoms with E-state index in [1.165, 1.54) is 17.0 Å². The lowest BCUT2D eigenvalue weighted by atomic mass is 10.1. The second kappa shape index (κ2) is 6.90. The molecular formula is C16H19BrFNOS. The number of nitrogens with one attached hydrogen (secondary N) is 1. The van der Waals surface area contributed by atoms with Crippen molar-refractivity contribution in [1.29, 1.82) is 0 Å². The quantitative estimate of drug-likeness (QED) is 0.787. The fourth-order valence-corrected chi connectivity index (χ4v) is 2.92. The average Bonchev–Trinajstić information content (AvgIpc) is 2.85. The number of ether oxygens (including phenoxy) is 1. The Morgan fingerprint density at radius 2 is 1.90 bits per heavy atom. The van der Waals surface area contributed by atoms with Crippen LogP contribution >= 0.6 is 27.3 Å². The third kappa shape index (κ3) is 5.41. The highest BCUT2D eigenvalue weighted by Gasteiger charge is 2.10. The Balaban J connectivity index is 1.92. The van der Waals surface area contributed by atoms with Gasteiger partial charge >= 0.3 is 0 Å². The monoisotopic (exact) mass is 371 g/mol. The Morgan fingerprint density at radius 1 is 1.19 bits per heavy atom. The van der Waals surface area contributed by atoms with Gasteiger partial charge in [-0.1, -0.05) is 0 Å². The van der Waals surface area contributed by atoms with Crippen molar-refractivity contribution in [2.75, 3.05) is 0 Å². The van der Waals surface area contributed by atoms with Gasteiger partial charge < -0.3 is 10.1 Å². The molecule has 0 atom stereocenters. The van der Waals surface area contributed by atoms with Crippen LogP contribution in [-0.4, -0.2) is 5.54 Å². The first kappa shape index (κ1) is 16.5. The van der Waals surface area contributed by atoms with Crippen LogP contribution in [0.25, 0.3) is 0 Å². The van der Waals surface area contributed by atoms with E-state index >= 15 is 0 Å². The molecule has 0 saturated heterocycles. The fourth-order valence-electron chi connectivity index (χ4n) is 1.68. The van der Waals surface area contributed by atoms with Crippen molar-refractivity contribution in [3.05, 3.63) is 50.4 Å². The van der Waals surface area contributed by atoms with Crippen LogP contribution in [0.2, 0.25) is 0 Å². The van der Waals surface area contributed by atoms with Gasteiger partial charge in [-0.3, -0.25) is 0 Å². The van der Waals surface area contributed by atoms with Crippen molar-refractivity contribution in [1.82, 2.24) is 5.32 Å². The summed E-state index contributed by atoms with van der Waals surface area (Å²) >= 11 is 5.06. The Hall–Kier alpha value is -0.910. The number of rotatable bonds is 5. The molecule has 2 rings (SSSR count). The molecule has 1 aromatic heterocycles. The zero-order valence-corrected chi connectivity index (χ0v) is 14.8. The lowest BCUT2D eigenvalue weighted by molar-refractivity contribution is 0.306. The molecule has 0 aliphatic rings. The molecule has 1 N–H and O–H groups in total. The predicted octanol–water partition coefficient (Wildman–Crippen LogP) is 5.12. The average molecular weight is 372 g/mol. The molecule has 0 radical (unpaired) electrons. The van der Waals surface area contributed by atoms with Gasteiger partial charge in [0, 0.05) is 27.9 Å². The molecule has 0 unspecified atom stereocenters. The topological polar surface area (TPSA) is 21.3 Å². The number of thiophene rings is 1. The second-order valence-corrected chi connectivity index (χ2v) is 7.94. The number of hydrogen-bond acceptors (Lipinski definition) is 3.